The van der Waals surface area contributed by atoms with Crippen LogP contribution in [-0.2, 0) is 6.54 Å². The molecular weight excluding hydrogens is 224 g/mol. The number of nitrogens with zero attached hydrogens (tertiary/aromatic N) is 3. The topological polar surface area (TPSA) is 92.3 Å². The van der Waals surface area contributed by atoms with E-state index in [1.807, 2.05) is 6.92 Å². The summed E-state index contributed by atoms with van der Waals surface area (Å²) in [4.78, 5) is 10.8. The molecule has 0 radical (unpaired) electrons. The van der Waals surface area contributed by atoms with Crippen molar-refractivity contribution in [3.8, 4) is 11.5 Å². The fourth-order valence-corrected chi connectivity index (χ4v) is 1.63. The Morgan fingerprint density at radius 3 is 2.88 bits per heavy atom. The highest BCUT2D eigenvalue weighted by Gasteiger charge is 2.16. The van der Waals surface area contributed by atoms with Gasteiger partial charge in [0.25, 0.3) is 0 Å². The highest BCUT2D eigenvalue weighted by Crippen LogP contribution is 2.34. The molecule has 1 heterocycles. The fourth-order valence-electron chi connectivity index (χ4n) is 1.63. The molecule has 2 rings (SSSR count). The summed E-state index contributed by atoms with van der Waals surface area (Å²) in [5.41, 5.74) is 6.33. The van der Waals surface area contributed by atoms with Gasteiger partial charge in [-0.25, -0.2) is 9.48 Å². The van der Waals surface area contributed by atoms with Gasteiger partial charge in [0.05, 0.1) is 7.11 Å². The lowest BCUT2D eigenvalue weighted by molar-refractivity contribution is 0.209. The lowest BCUT2D eigenvalue weighted by Crippen LogP contribution is -2.16. The number of hydrogen-bond acceptors (Lipinski definition) is 5. The van der Waals surface area contributed by atoms with E-state index in [9.17, 15) is 4.79 Å². The first-order valence-electron chi connectivity index (χ1n) is 5.04. The highest BCUT2D eigenvalue weighted by molar-refractivity contribution is 5.85. The maximum atomic E-state index is 10.8. The molecule has 0 spiro atoms. The van der Waals surface area contributed by atoms with Gasteiger partial charge in [-0.05, 0) is 19.1 Å². The second-order valence-corrected chi connectivity index (χ2v) is 3.29. The minimum Gasteiger partial charge on any atom is -0.491 e. The molecule has 0 fully saturated rings. The van der Waals surface area contributed by atoms with E-state index in [1.165, 1.54) is 7.11 Å². The van der Waals surface area contributed by atoms with Crippen molar-refractivity contribution in [2.24, 2.45) is 5.73 Å². The van der Waals surface area contributed by atoms with Gasteiger partial charge in [0, 0.05) is 6.54 Å². The van der Waals surface area contributed by atoms with Crippen molar-refractivity contribution in [1.82, 2.24) is 15.0 Å². The molecule has 7 heteroatoms. The molecule has 0 atom stereocenters. The van der Waals surface area contributed by atoms with Gasteiger partial charge in [0.2, 0.25) is 0 Å². The van der Waals surface area contributed by atoms with Crippen LogP contribution >= 0.6 is 0 Å². The van der Waals surface area contributed by atoms with E-state index in [0.29, 0.717) is 23.3 Å². The van der Waals surface area contributed by atoms with Crippen LogP contribution in [0, 0.1) is 0 Å². The number of fused-ring (bicyclic) bond motifs is 1. The van der Waals surface area contributed by atoms with Crippen LogP contribution < -0.4 is 15.2 Å². The van der Waals surface area contributed by atoms with Crippen LogP contribution in [-0.4, -0.2) is 28.2 Å². The Balaban J connectivity index is 2.66. The number of carbonyl (C=O) groups excluding carboxylic acids is 1. The Bertz CT molecular complexity index is 564. The Morgan fingerprint density at radius 1 is 1.53 bits per heavy atom. The van der Waals surface area contributed by atoms with Crippen LogP contribution in [0.5, 0.6) is 11.5 Å². The van der Waals surface area contributed by atoms with E-state index in [0.717, 1.165) is 0 Å². The quantitative estimate of drug-likeness (QED) is 0.855. The van der Waals surface area contributed by atoms with Crippen molar-refractivity contribution in [2.75, 3.05) is 7.11 Å². The van der Waals surface area contributed by atoms with Crippen molar-refractivity contribution in [3.05, 3.63) is 12.1 Å². The molecule has 17 heavy (non-hydrogen) atoms. The van der Waals surface area contributed by atoms with Crippen LogP contribution in [0.1, 0.15) is 6.92 Å². The molecule has 0 saturated carbocycles. The standard InChI is InChI=1S/C10H12N4O3/c1-3-14-8-6(12-13-14)4-5-7(9(8)16-2)17-10(11)15/h4-5H,3H2,1-2H3,(H2,11,15). The van der Waals surface area contributed by atoms with Gasteiger partial charge in [-0.15, -0.1) is 5.10 Å². The third-order valence-electron chi connectivity index (χ3n) is 2.31. The van der Waals surface area contributed by atoms with Crippen molar-refractivity contribution in [1.29, 1.82) is 0 Å². The predicted octanol–water partition coefficient (Wildman–Crippen LogP) is 0.917. The van der Waals surface area contributed by atoms with Gasteiger partial charge in [0.15, 0.2) is 11.5 Å². The minimum absolute atomic E-state index is 0.254. The molecule has 0 unspecified atom stereocenters. The van der Waals surface area contributed by atoms with Crippen molar-refractivity contribution < 1.29 is 14.3 Å². The number of methoxy groups -OCH3 is 1. The smallest absolute Gasteiger partial charge is 0.410 e. The molecule has 0 bridgehead atoms. The molecule has 0 aliphatic heterocycles. The third-order valence-corrected chi connectivity index (χ3v) is 2.31. The molecule has 7 nitrogen and oxygen atoms in total. The van der Waals surface area contributed by atoms with Gasteiger partial charge in [0.1, 0.15) is 11.0 Å². The number of amides is 1. The second kappa shape index (κ2) is 4.28. The summed E-state index contributed by atoms with van der Waals surface area (Å²) in [5.74, 6) is 0.651. The number of carbonyl (C=O) groups is 1. The largest absolute Gasteiger partial charge is 0.491 e. The van der Waals surface area contributed by atoms with Crippen molar-refractivity contribution >= 4 is 17.1 Å². The maximum Gasteiger partial charge on any atom is 0.410 e. The lowest BCUT2D eigenvalue weighted by atomic mass is 10.2. The van der Waals surface area contributed by atoms with Crippen molar-refractivity contribution in [2.45, 2.75) is 13.5 Å². The summed E-state index contributed by atoms with van der Waals surface area (Å²) in [6.45, 7) is 2.56. The number of aromatic nitrogens is 3. The van der Waals surface area contributed by atoms with E-state index in [4.69, 9.17) is 15.2 Å². The van der Waals surface area contributed by atoms with Crippen molar-refractivity contribution in [3.63, 3.8) is 0 Å². The second-order valence-electron chi connectivity index (χ2n) is 3.29. The number of ether oxygens (including phenoxy) is 2. The van der Waals surface area contributed by atoms with Gasteiger partial charge >= 0.3 is 6.09 Å². The monoisotopic (exact) mass is 236 g/mol. The number of aryl methyl sites for hydroxylation is 1. The summed E-state index contributed by atoms with van der Waals surface area (Å²) in [6.07, 6.45) is -0.891. The number of primary amides is 1. The van der Waals surface area contributed by atoms with E-state index in [1.54, 1.807) is 16.8 Å². The third kappa shape index (κ3) is 1.86. The number of rotatable bonds is 3. The van der Waals surface area contributed by atoms with Crippen LogP contribution in [0.2, 0.25) is 0 Å². The average molecular weight is 236 g/mol. The van der Waals surface area contributed by atoms with Gasteiger partial charge in [-0.1, -0.05) is 5.21 Å². The fraction of sp³-hybridized carbons (Fsp3) is 0.300. The molecule has 1 aromatic heterocycles. The summed E-state index contributed by atoms with van der Waals surface area (Å²) in [5, 5.41) is 7.94. The van der Waals surface area contributed by atoms with Gasteiger partial charge in [-0.2, -0.15) is 0 Å². The van der Waals surface area contributed by atoms with E-state index in [2.05, 4.69) is 10.3 Å². The Hall–Kier alpha value is -2.31. The Labute approximate surface area is 97.1 Å². The molecule has 0 aliphatic rings. The van der Waals surface area contributed by atoms with Gasteiger partial charge < -0.3 is 15.2 Å². The summed E-state index contributed by atoms with van der Waals surface area (Å²) < 4.78 is 11.7. The van der Waals surface area contributed by atoms with E-state index in [-0.39, 0.29) is 5.75 Å². The molecule has 1 aromatic carbocycles. The van der Waals surface area contributed by atoms with Crippen LogP contribution in [0.3, 0.4) is 0 Å². The van der Waals surface area contributed by atoms with E-state index < -0.39 is 6.09 Å². The minimum atomic E-state index is -0.891. The normalized spacial score (nSPS) is 10.5. The maximum absolute atomic E-state index is 10.8. The first kappa shape index (κ1) is 11.2. The first-order valence-corrected chi connectivity index (χ1v) is 5.04. The average Bonchev–Trinajstić information content (AvgIpc) is 2.71. The molecule has 0 saturated heterocycles. The van der Waals surface area contributed by atoms with Crippen LogP contribution in [0.15, 0.2) is 12.1 Å². The lowest BCUT2D eigenvalue weighted by Gasteiger charge is -2.09. The number of hydrogen-bond donors (Lipinski definition) is 1. The van der Waals surface area contributed by atoms with E-state index >= 15 is 0 Å². The SMILES string of the molecule is CCn1nnc2ccc(OC(N)=O)c(OC)c21. The summed E-state index contributed by atoms with van der Waals surface area (Å²) in [7, 11) is 1.48. The molecular formula is C10H12N4O3. The highest BCUT2D eigenvalue weighted by atomic mass is 16.6. The summed E-state index contributed by atoms with van der Waals surface area (Å²) in [6, 6.07) is 3.26. The predicted molar refractivity (Wildman–Crippen MR) is 60.0 cm³/mol. The number of benzene rings is 1. The first-order chi connectivity index (χ1) is 8.17. The van der Waals surface area contributed by atoms with Crippen LogP contribution in [0.4, 0.5) is 4.79 Å². The summed E-state index contributed by atoms with van der Waals surface area (Å²) >= 11 is 0. The zero-order valence-corrected chi connectivity index (χ0v) is 9.51. The Kier molecular flexibility index (Phi) is 2.82. The molecule has 1 amide bonds. The molecule has 90 valence electrons. The van der Waals surface area contributed by atoms with Gasteiger partial charge in [-0.3, -0.25) is 0 Å². The zero-order chi connectivity index (χ0) is 12.4. The molecule has 2 N–H and O–H groups in total. The zero-order valence-electron chi connectivity index (χ0n) is 9.51. The molecule has 0 aliphatic carbocycles. The molecule has 2 aromatic rings. The number of nitrogens with two attached hydrogens (primary N) is 1. The Morgan fingerprint density at radius 2 is 2.29 bits per heavy atom. The van der Waals surface area contributed by atoms with Crippen LogP contribution in [0.25, 0.3) is 11.0 Å².